The van der Waals surface area contributed by atoms with E-state index >= 15 is 0 Å². The molecule has 4 nitrogen and oxygen atoms in total. The van der Waals surface area contributed by atoms with Crippen LogP contribution in [0.3, 0.4) is 0 Å². The van der Waals surface area contributed by atoms with Crippen LogP contribution >= 0.6 is 0 Å². The van der Waals surface area contributed by atoms with Gasteiger partial charge in [0, 0.05) is 19.1 Å². The molecule has 1 amide bonds. The normalized spacial score (nSPS) is 12.6. The Labute approximate surface area is 86.4 Å². The highest BCUT2D eigenvalue weighted by Gasteiger charge is 2.05. The minimum absolute atomic E-state index is 0.341. The summed E-state index contributed by atoms with van der Waals surface area (Å²) in [6, 6.07) is 0.471. The first kappa shape index (κ1) is 13.2. The maximum Gasteiger partial charge on any atom is 0.407 e. The fourth-order valence-corrected chi connectivity index (χ4v) is 0.882. The van der Waals surface area contributed by atoms with Crippen LogP contribution in [-0.2, 0) is 4.74 Å². The molecule has 0 fully saturated rings. The van der Waals surface area contributed by atoms with Crippen LogP contribution in [0.4, 0.5) is 4.79 Å². The highest BCUT2D eigenvalue weighted by atomic mass is 16.5. The third kappa shape index (κ3) is 6.71. The van der Waals surface area contributed by atoms with Crippen molar-refractivity contribution in [2.24, 2.45) is 5.92 Å². The van der Waals surface area contributed by atoms with E-state index in [1.807, 2.05) is 0 Å². The van der Waals surface area contributed by atoms with E-state index in [-0.39, 0.29) is 6.09 Å². The van der Waals surface area contributed by atoms with Gasteiger partial charge in [0.2, 0.25) is 0 Å². The molecule has 1 unspecified atom stereocenters. The molecule has 2 N–H and O–H groups in total. The minimum atomic E-state index is -0.341. The molecule has 0 aromatic heterocycles. The van der Waals surface area contributed by atoms with Gasteiger partial charge in [0.05, 0.1) is 6.61 Å². The number of ether oxygens (including phenoxy) is 1. The van der Waals surface area contributed by atoms with E-state index in [1.165, 1.54) is 0 Å². The van der Waals surface area contributed by atoms with E-state index in [2.05, 4.69) is 31.4 Å². The van der Waals surface area contributed by atoms with E-state index in [0.717, 1.165) is 6.54 Å². The van der Waals surface area contributed by atoms with Crippen molar-refractivity contribution in [2.45, 2.75) is 33.7 Å². The summed E-state index contributed by atoms with van der Waals surface area (Å²) in [5.74, 6) is 0.609. The summed E-state index contributed by atoms with van der Waals surface area (Å²) in [6.45, 7) is 10.1. The van der Waals surface area contributed by atoms with Gasteiger partial charge in [-0.05, 0) is 19.8 Å². The van der Waals surface area contributed by atoms with Crippen LogP contribution in [0, 0.1) is 5.92 Å². The summed E-state index contributed by atoms with van der Waals surface area (Å²) >= 11 is 0. The predicted molar refractivity (Wildman–Crippen MR) is 57.3 cm³/mol. The van der Waals surface area contributed by atoms with Crippen LogP contribution in [0.25, 0.3) is 0 Å². The lowest BCUT2D eigenvalue weighted by molar-refractivity contribution is 0.152. The number of alkyl carbamates (subject to hydrolysis) is 1. The summed E-state index contributed by atoms with van der Waals surface area (Å²) in [4.78, 5) is 10.9. The average Bonchev–Trinajstić information content (AvgIpc) is 2.12. The molecule has 0 saturated heterocycles. The van der Waals surface area contributed by atoms with Gasteiger partial charge in [0.15, 0.2) is 0 Å². The van der Waals surface area contributed by atoms with Gasteiger partial charge >= 0.3 is 6.09 Å². The molecule has 0 spiro atoms. The van der Waals surface area contributed by atoms with Crippen LogP contribution in [0.2, 0.25) is 0 Å². The number of rotatable bonds is 6. The smallest absolute Gasteiger partial charge is 0.407 e. The Kier molecular flexibility index (Phi) is 7.20. The molecular weight excluding hydrogens is 180 g/mol. The van der Waals surface area contributed by atoms with E-state index in [9.17, 15) is 4.79 Å². The third-order valence-corrected chi connectivity index (χ3v) is 2.14. The molecular formula is C10H22N2O2. The van der Waals surface area contributed by atoms with Gasteiger partial charge in [-0.3, -0.25) is 0 Å². The van der Waals surface area contributed by atoms with Gasteiger partial charge in [0.25, 0.3) is 0 Å². The van der Waals surface area contributed by atoms with Crippen LogP contribution in [-0.4, -0.2) is 31.8 Å². The van der Waals surface area contributed by atoms with Crippen molar-refractivity contribution >= 4 is 6.09 Å². The molecule has 0 aliphatic rings. The molecule has 0 heterocycles. The largest absolute Gasteiger partial charge is 0.450 e. The van der Waals surface area contributed by atoms with Gasteiger partial charge in [-0.1, -0.05) is 13.8 Å². The molecule has 0 aromatic carbocycles. The second-order valence-corrected chi connectivity index (χ2v) is 3.63. The van der Waals surface area contributed by atoms with Gasteiger partial charge in [-0.2, -0.15) is 0 Å². The van der Waals surface area contributed by atoms with Crippen molar-refractivity contribution in [3.8, 4) is 0 Å². The number of hydrogen-bond donors (Lipinski definition) is 2. The van der Waals surface area contributed by atoms with Crippen LogP contribution in [0.1, 0.15) is 27.7 Å². The molecule has 0 saturated carbocycles. The first-order valence-electron chi connectivity index (χ1n) is 5.22. The van der Waals surface area contributed by atoms with E-state index in [4.69, 9.17) is 4.74 Å². The molecule has 14 heavy (non-hydrogen) atoms. The SMILES string of the molecule is CCOC(=O)NCCNC(C)C(C)C. The maximum absolute atomic E-state index is 10.9. The van der Waals surface area contributed by atoms with Crippen LogP contribution < -0.4 is 10.6 Å². The first-order chi connectivity index (χ1) is 6.57. The number of hydrogen-bond acceptors (Lipinski definition) is 3. The van der Waals surface area contributed by atoms with Crippen molar-refractivity contribution in [3.05, 3.63) is 0 Å². The lowest BCUT2D eigenvalue weighted by Crippen LogP contribution is -2.38. The molecule has 0 aromatic rings. The van der Waals surface area contributed by atoms with Crippen molar-refractivity contribution < 1.29 is 9.53 Å². The lowest BCUT2D eigenvalue weighted by atomic mass is 10.1. The van der Waals surface area contributed by atoms with Gasteiger partial charge < -0.3 is 15.4 Å². The van der Waals surface area contributed by atoms with Crippen molar-refractivity contribution in [1.29, 1.82) is 0 Å². The predicted octanol–water partition coefficient (Wildman–Crippen LogP) is 1.37. The second kappa shape index (κ2) is 7.62. The Morgan fingerprint density at radius 1 is 1.29 bits per heavy atom. The fraction of sp³-hybridized carbons (Fsp3) is 0.900. The van der Waals surface area contributed by atoms with Crippen LogP contribution in [0.15, 0.2) is 0 Å². The number of amides is 1. The average molecular weight is 202 g/mol. The van der Waals surface area contributed by atoms with Crippen molar-refractivity contribution in [2.75, 3.05) is 19.7 Å². The van der Waals surface area contributed by atoms with E-state index in [0.29, 0.717) is 25.1 Å². The minimum Gasteiger partial charge on any atom is -0.450 e. The molecule has 0 bridgehead atoms. The standard InChI is InChI=1S/C10H22N2O2/c1-5-14-10(13)12-7-6-11-9(4)8(2)3/h8-9,11H,5-7H2,1-4H3,(H,12,13). The Balaban J connectivity index is 3.33. The first-order valence-corrected chi connectivity index (χ1v) is 5.22. The Bertz CT molecular complexity index is 160. The summed E-state index contributed by atoms with van der Waals surface area (Å²) < 4.78 is 4.72. The number of carbonyl (C=O) groups is 1. The van der Waals surface area contributed by atoms with Gasteiger partial charge in [0.1, 0.15) is 0 Å². The Morgan fingerprint density at radius 2 is 1.93 bits per heavy atom. The molecule has 0 aliphatic heterocycles. The fourth-order valence-electron chi connectivity index (χ4n) is 0.882. The monoisotopic (exact) mass is 202 g/mol. The zero-order valence-corrected chi connectivity index (χ0v) is 9.59. The summed E-state index contributed by atoms with van der Waals surface area (Å²) in [5, 5.41) is 5.96. The molecule has 84 valence electrons. The molecule has 0 radical (unpaired) electrons. The molecule has 0 aliphatic carbocycles. The lowest BCUT2D eigenvalue weighted by Gasteiger charge is -2.17. The summed E-state index contributed by atoms with van der Waals surface area (Å²) in [5.41, 5.74) is 0. The molecule has 4 heteroatoms. The summed E-state index contributed by atoms with van der Waals surface area (Å²) in [6.07, 6.45) is -0.341. The highest BCUT2D eigenvalue weighted by Crippen LogP contribution is 1.98. The third-order valence-electron chi connectivity index (χ3n) is 2.14. The van der Waals surface area contributed by atoms with Gasteiger partial charge in [-0.15, -0.1) is 0 Å². The topological polar surface area (TPSA) is 50.4 Å². The highest BCUT2D eigenvalue weighted by molar-refractivity contribution is 5.66. The Hall–Kier alpha value is -0.770. The number of nitrogens with one attached hydrogen (secondary N) is 2. The van der Waals surface area contributed by atoms with E-state index in [1.54, 1.807) is 6.92 Å². The number of carbonyl (C=O) groups excluding carboxylic acids is 1. The second-order valence-electron chi connectivity index (χ2n) is 3.63. The Morgan fingerprint density at radius 3 is 2.43 bits per heavy atom. The van der Waals surface area contributed by atoms with E-state index < -0.39 is 0 Å². The molecule has 1 atom stereocenters. The van der Waals surface area contributed by atoms with Crippen molar-refractivity contribution in [3.63, 3.8) is 0 Å². The summed E-state index contributed by atoms with van der Waals surface area (Å²) in [7, 11) is 0. The maximum atomic E-state index is 10.9. The zero-order chi connectivity index (χ0) is 11.0. The quantitative estimate of drug-likeness (QED) is 0.639. The van der Waals surface area contributed by atoms with Crippen LogP contribution in [0.5, 0.6) is 0 Å². The van der Waals surface area contributed by atoms with Crippen molar-refractivity contribution in [1.82, 2.24) is 10.6 Å². The van der Waals surface area contributed by atoms with Gasteiger partial charge in [-0.25, -0.2) is 4.79 Å². The zero-order valence-electron chi connectivity index (χ0n) is 9.59. The molecule has 0 rings (SSSR count).